The molecule has 1 rings (SSSR count). The molecule has 7 heteroatoms. The molecule has 0 radical (unpaired) electrons. The van der Waals surface area contributed by atoms with Crippen LogP contribution in [0.15, 0.2) is 18.2 Å². The van der Waals surface area contributed by atoms with Crippen molar-refractivity contribution in [3.05, 3.63) is 29.3 Å². The Bertz CT molecular complexity index is 867. The number of carbonyl (C=O) groups is 1. The van der Waals surface area contributed by atoms with Gasteiger partial charge in [-0.05, 0) is 38.1 Å². The van der Waals surface area contributed by atoms with E-state index in [4.69, 9.17) is 4.52 Å². The molecule has 242 valence electrons. The van der Waals surface area contributed by atoms with Crippen molar-refractivity contribution in [1.29, 1.82) is 0 Å². The van der Waals surface area contributed by atoms with Crippen LogP contribution in [0.5, 0.6) is 0 Å². The van der Waals surface area contributed by atoms with Crippen LogP contribution in [0.25, 0.3) is 0 Å². The number of hydrogen-bond donors (Lipinski definition) is 2. The van der Waals surface area contributed by atoms with Gasteiger partial charge in [0.05, 0.1) is 0 Å². The van der Waals surface area contributed by atoms with Gasteiger partial charge in [0.1, 0.15) is 6.10 Å². The van der Waals surface area contributed by atoms with Crippen LogP contribution in [-0.4, -0.2) is 25.9 Å². The average molecular weight is 607 g/mol. The predicted molar refractivity (Wildman–Crippen MR) is 178 cm³/mol. The summed E-state index contributed by atoms with van der Waals surface area (Å²) in [4.78, 5) is 12.2. The summed E-state index contributed by atoms with van der Waals surface area (Å²) in [6.07, 6.45) is 29.7. The molecule has 0 aliphatic heterocycles. The first-order valence-electron chi connectivity index (χ1n) is 17.3. The fraction of sp³-hybridized carbons (Fsp3) is 0.800. The Morgan fingerprint density at radius 3 is 1.52 bits per heavy atom. The Kier molecular flexibility index (Phi) is 24.9. The summed E-state index contributed by atoms with van der Waals surface area (Å²) in [6, 6.07) is 5.49. The first kappa shape index (κ1) is 38.5. The SMILES string of the molecule is CCCCCCCCCCCCCCCCCCCCCCCCNc1ccc(C(CNC)OP(=O)=O)c(C(C)=O)c1. The summed E-state index contributed by atoms with van der Waals surface area (Å²) in [6.45, 7) is 4.95. The van der Waals surface area contributed by atoms with Gasteiger partial charge in [-0.2, -0.15) is 0 Å². The van der Waals surface area contributed by atoms with Gasteiger partial charge in [0.25, 0.3) is 0 Å². The van der Waals surface area contributed by atoms with Crippen LogP contribution in [0.2, 0.25) is 0 Å². The van der Waals surface area contributed by atoms with Crippen molar-refractivity contribution in [3.63, 3.8) is 0 Å². The number of hydrogen-bond acceptors (Lipinski definition) is 6. The monoisotopic (exact) mass is 606 g/mol. The Labute approximate surface area is 258 Å². The summed E-state index contributed by atoms with van der Waals surface area (Å²) in [7, 11) is -1.29. The van der Waals surface area contributed by atoms with E-state index in [9.17, 15) is 13.9 Å². The molecule has 0 aliphatic carbocycles. The molecule has 0 aromatic heterocycles. The van der Waals surface area contributed by atoms with Crippen LogP contribution in [0.3, 0.4) is 0 Å². The standard InChI is InChI=1S/C35H63N2O4P/c1-4-5-6-7-8-9-10-11-12-13-14-15-16-17-18-19-20-21-22-23-24-25-28-37-32-26-27-33(34(29-32)31(2)38)35(30-36-3)41-42(39)40/h26-27,29,35-37H,4-25,28,30H2,1-3H3. The van der Waals surface area contributed by atoms with Crippen LogP contribution in [0.1, 0.15) is 177 Å². The van der Waals surface area contributed by atoms with Gasteiger partial charge in [-0.15, -0.1) is 0 Å². The number of rotatable bonds is 30. The van der Waals surface area contributed by atoms with E-state index in [1.54, 1.807) is 19.2 Å². The van der Waals surface area contributed by atoms with Crippen molar-refractivity contribution in [1.82, 2.24) is 5.32 Å². The number of Topliss-reactive ketones (excluding diaryl/α,β-unsaturated/α-hetero) is 1. The van der Waals surface area contributed by atoms with Gasteiger partial charge in [0, 0.05) is 24.3 Å². The third kappa shape index (κ3) is 20.4. The van der Waals surface area contributed by atoms with E-state index in [-0.39, 0.29) is 5.78 Å². The fourth-order valence-corrected chi connectivity index (χ4v) is 6.11. The normalized spacial score (nSPS) is 12.0. The Hall–Kier alpha value is -1.49. The number of unbranched alkanes of at least 4 members (excludes halogenated alkanes) is 21. The molecular formula is C35H63N2O4P. The summed E-state index contributed by atoms with van der Waals surface area (Å²) in [5.41, 5.74) is 1.96. The number of ketones is 1. The lowest BCUT2D eigenvalue weighted by atomic mass is 9.98. The quantitative estimate of drug-likeness (QED) is 0.0515. The minimum Gasteiger partial charge on any atom is -0.385 e. The molecular weight excluding hydrogens is 543 g/mol. The van der Waals surface area contributed by atoms with Crippen molar-refractivity contribution in [2.75, 3.05) is 25.5 Å². The maximum atomic E-state index is 12.2. The van der Waals surface area contributed by atoms with Gasteiger partial charge in [-0.3, -0.25) is 9.32 Å². The second-order valence-corrected chi connectivity index (χ2v) is 12.7. The molecule has 0 saturated carbocycles. The van der Waals surface area contributed by atoms with Crippen molar-refractivity contribution >= 4 is 19.4 Å². The molecule has 0 amide bonds. The number of likely N-dealkylation sites (N-methyl/N-ethyl adjacent to an activating group) is 1. The highest BCUT2D eigenvalue weighted by Gasteiger charge is 2.20. The molecule has 2 N–H and O–H groups in total. The van der Waals surface area contributed by atoms with Crippen molar-refractivity contribution in [3.8, 4) is 0 Å². The van der Waals surface area contributed by atoms with Gasteiger partial charge in [-0.1, -0.05) is 148 Å². The van der Waals surface area contributed by atoms with Gasteiger partial charge >= 0.3 is 7.91 Å². The van der Waals surface area contributed by atoms with Crippen LogP contribution >= 0.6 is 7.91 Å². The lowest BCUT2D eigenvalue weighted by molar-refractivity contribution is 0.101. The summed E-state index contributed by atoms with van der Waals surface area (Å²) < 4.78 is 27.3. The molecule has 1 aromatic carbocycles. The summed E-state index contributed by atoms with van der Waals surface area (Å²) in [5.74, 6) is -0.108. The molecule has 42 heavy (non-hydrogen) atoms. The molecule has 0 spiro atoms. The van der Waals surface area contributed by atoms with E-state index in [0.29, 0.717) is 17.7 Å². The van der Waals surface area contributed by atoms with Crippen molar-refractivity contribution < 1.29 is 18.4 Å². The fourth-order valence-electron chi connectivity index (χ4n) is 5.71. The average Bonchev–Trinajstić information content (AvgIpc) is 2.97. The second-order valence-electron chi connectivity index (χ2n) is 12.1. The second kappa shape index (κ2) is 27.1. The molecule has 1 atom stereocenters. The van der Waals surface area contributed by atoms with Crippen LogP contribution in [-0.2, 0) is 13.7 Å². The van der Waals surface area contributed by atoms with Crippen molar-refractivity contribution in [2.45, 2.75) is 161 Å². The largest absolute Gasteiger partial charge is 0.468 e. The molecule has 1 unspecified atom stereocenters. The van der Waals surface area contributed by atoms with E-state index in [1.165, 1.54) is 142 Å². The van der Waals surface area contributed by atoms with Gasteiger partial charge in [0.2, 0.25) is 0 Å². The van der Waals surface area contributed by atoms with Crippen LogP contribution in [0.4, 0.5) is 5.69 Å². The Morgan fingerprint density at radius 1 is 0.714 bits per heavy atom. The van der Waals surface area contributed by atoms with E-state index in [1.807, 2.05) is 6.07 Å². The third-order valence-corrected chi connectivity index (χ3v) is 8.67. The zero-order valence-corrected chi connectivity index (χ0v) is 28.3. The highest BCUT2D eigenvalue weighted by molar-refractivity contribution is 7.24. The minimum absolute atomic E-state index is 0.108. The van der Waals surface area contributed by atoms with E-state index in [2.05, 4.69) is 17.6 Å². The van der Waals surface area contributed by atoms with E-state index >= 15 is 0 Å². The zero-order valence-electron chi connectivity index (χ0n) is 27.4. The Morgan fingerprint density at radius 2 is 1.14 bits per heavy atom. The molecule has 1 aromatic rings. The zero-order chi connectivity index (χ0) is 30.7. The van der Waals surface area contributed by atoms with Gasteiger partial charge in [-0.25, -0.2) is 9.13 Å². The van der Waals surface area contributed by atoms with Gasteiger partial charge in [0.15, 0.2) is 5.78 Å². The number of benzene rings is 1. The molecule has 6 nitrogen and oxygen atoms in total. The molecule has 0 bridgehead atoms. The maximum Gasteiger partial charge on any atom is 0.468 e. The highest BCUT2D eigenvalue weighted by Crippen LogP contribution is 2.29. The molecule has 0 saturated heterocycles. The topological polar surface area (TPSA) is 84.5 Å². The van der Waals surface area contributed by atoms with Crippen molar-refractivity contribution in [2.24, 2.45) is 0 Å². The third-order valence-electron chi connectivity index (χ3n) is 8.24. The lowest BCUT2D eigenvalue weighted by Crippen LogP contribution is -2.20. The van der Waals surface area contributed by atoms with Crippen LogP contribution in [0, 0.1) is 0 Å². The minimum atomic E-state index is -3.01. The summed E-state index contributed by atoms with van der Waals surface area (Å²) in [5, 5.41) is 6.34. The predicted octanol–water partition coefficient (Wildman–Crippen LogP) is 11.3. The number of nitrogens with one attached hydrogen (secondary N) is 2. The van der Waals surface area contributed by atoms with Gasteiger partial charge < -0.3 is 10.6 Å². The highest BCUT2D eigenvalue weighted by atomic mass is 31.1. The molecule has 0 aliphatic rings. The first-order chi connectivity index (χ1) is 20.5. The summed E-state index contributed by atoms with van der Waals surface area (Å²) >= 11 is 0. The van der Waals surface area contributed by atoms with Crippen LogP contribution < -0.4 is 10.6 Å². The van der Waals surface area contributed by atoms with E-state index in [0.717, 1.165) is 18.7 Å². The Balaban J connectivity index is 1.99. The smallest absolute Gasteiger partial charge is 0.385 e. The van der Waals surface area contributed by atoms with E-state index < -0.39 is 14.0 Å². The lowest BCUT2D eigenvalue weighted by Gasteiger charge is -2.18. The number of carbonyl (C=O) groups excluding carboxylic acids is 1. The molecule has 0 heterocycles. The maximum absolute atomic E-state index is 12.2. The number of anilines is 1. The first-order valence-corrected chi connectivity index (χ1v) is 18.4. The molecule has 0 fully saturated rings.